The topological polar surface area (TPSA) is 99.7 Å². The van der Waals surface area contributed by atoms with Crippen molar-refractivity contribution in [2.24, 2.45) is 0 Å². The van der Waals surface area contributed by atoms with Crippen molar-refractivity contribution < 1.29 is 5.11 Å². The number of imidazole rings is 1. The lowest BCUT2D eigenvalue weighted by Crippen LogP contribution is -2.02. The highest BCUT2D eigenvalue weighted by molar-refractivity contribution is 5.95. The van der Waals surface area contributed by atoms with Gasteiger partial charge in [0.15, 0.2) is 0 Å². The lowest BCUT2D eigenvalue weighted by atomic mass is 10.0. The van der Waals surface area contributed by atoms with Crippen molar-refractivity contribution in [2.45, 2.75) is 6.54 Å². The van der Waals surface area contributed by atoms with Gasteiger partial charge in [-0.05, 0) is 17.7 Å². The fraction of sp³-hybridized carbons (Fsp3) is 0.100. The Morgan fingerprint density at radius 3 is 2.56 bits per heavy atom. The SMILES string of the molecule is N#Cc1cnc(Nc2cc(-c3ccccc3)c3c(c2)ncn3CCO)nc1. The van der Waals surface area contributed by atoms with Crippen LogP contribution in [-0.4, -0.2) is 31.2 Å². The Bertz CT molecular complexity index is 1110. The van der Waals surface area contributed by atoms with E-state index in [0.717, 1.165) is 27.8 Å². The van der Waals surface area contributed by atoms with Crippen molar-refractivity contribution in [1.82, 2.24) is 19.5 Å². The third-order valence-corrected chi connectivity index (χ3v) is 4.18. The van der Waals surface area contributed by atoms with Gasteiger partial charge in [0, 0.05) is 17.8 Å². The Balaban J connectivity index is 1.81. The second-order valence-corrected chi connectivity index (χ2v) is 5.95. The molecule has 0 unspecified atom stereocenters. The maximum Gasteiger partial charge on any atom is 0.227 e. The van der Waals surface area contributed by atoms with Crippen LogP contribution in [0.5, 0.6) is 0 Å². The second-order valence-electron chi connectivity index (χ2n) is 5.95. The van der Waals surface area contributed by atoms with Gasteiger partial charge < -0.3 is 15.0 Å². The molecule has 0 radical (unpaired) electrons. The Labute approximate surface area is 155 Å². The van der Waals surface area contributed by atoms with Gasteiger partial charge in [-0.2, -0.15) is 5.26 Å². The quantitative estimate of drug-likeness (QED) is 0.570. The van der Waals surface area contributed by atoms with E-state index in [2.05, 4.69) is 20.3 Å². The van der Waals surface area contributed by atoms with Crippen LogP contribution in [0.25, 0.3) is 22.2 Å². The third kappa shape index (κ3) is 3.34. The van der Waals surface area contributed by atoms with Crippen molar-refractivity contribution in [3.05, 3.63) is 66.7 Å². The number of hydrogen-bond acceptors (Lipinski definition) is 6. The van der Waals surface area contributed by atoms with Crippen LogP contribution >= 0.6 is 0 Å². The van der Waals surface area contributed by atoms with Crippen LogP contribution in [0.4, 0.5) is 11.6 Å². The lowest BCUT2D eigenvalue weighted by Gasteiger charge is -2.11. The van der Waals surface area contributed by atoms with Crippen LogP contribution in [0.3, 0.4) is 0 Å². The largest absolute Gasteiger partial charge is 0.395 e. The summed E-state index contributed by atoms with van der Waals surface area (Å²) in [6.45, 7) is 0.514. The zero-order valence-electron chi connectivity index (χ0n) is 14.4. The standard InChI is InChI=1S/C20H16N6O/c21-10-14-11-22-20(23-12-14)25-16-8-17(15-4-2-1-3-5-15)19-18(9-16)24-13-26(19)6-7-27/h1-5,8-9,11-13,27H,6-7H2,(H,22,23,25). The number of rotatable bonds is 5. The maximum absolute atomic E-state index is 9.35. The molecular weight excluding hydrogens is 340 g/mol. The molecule has 27 heavy (non-hydrogen) atoms. The predicted octanol–water partition coefficient (Wildman–Crippen LogP) is 3.10. The molecule has 0 bridgehead atoms. The summed E-state index contributed by atoms with van der Waals surface area (Å²) in [6, 6.07) is 15.9. The van der Waals surface area contributed by atoms with Crippen molar-refractivity contribution in [3.8, 4) is 17.2 Å². The molecule has 4 rings (SSSR count). The molecule has 0 saturated heterocycles. The van der Waals surface area contributed by atoms with Gasteiger partial charge >= 0.3 is 0 Å². The average molecular weight is 356 g/mol. The smallest absolute Gasteiger partial charge is 0.227 e. The molecule has 4 aromatic rings. The van der Waals surface area contributed by atoms with E-state index < -0.39 is 0 Å². The van der Waals surface area contributed by atoms with Gasteiger partial charge in [0.1, 0.15) is 6.07 Å². The number of benzene rings is 2. The fourth-order valence-corrected chi connectivity index (χ4v) is 2.98. The lowest BCUT2D eigenvalue weighted by molar-refractivity contribution is 0.278. The molecule has 2 N–H and O–H groups in total. The Morgan fingerprint density at radius 1 is 1.07 bits per heavy atom. The van der Waals surface area contributed by atoms with Crippen molar-refractivity contribution in [1.29, 1.82) is 5.26 Å². The van der Waals surface area contributed by atoms with Crippen molar-refractivity contribution in [3.63, 3.8) is 0 Å². The van der Waals surface area contributed by atoms with Crippen molar-refractivity contribution in [2.75, 3.05) is 11.9 Å². The van der Waals surface area contributed by atoms with Crippen LogP contribution in [0.2, 0.25) is 0 Å². The number of fused-ring (bicyclic) bond motifs is 1. The molecule has 0 saturated carbocycles. The highest BCUT2D eigenvalue weighted by Gasteiger charge is 2.13. The van der Waals surface area contributed by atoms with Gasteiger partial charge in [-0.25, -0.2) is 15.0 Å². The molecule has 7 heteroatoms. The Hall–Kier alpha value is -3.76. The van der Waals surface area contributed by atoms with E-state index in [1.54, 1.807) is 6.33 Å². The number of hydrogen-bond donors (Lipinski definition) is 2. The van der Waals surface area contributed by atoms with E-state index in [1.165, 1.54) is 12.4 Å². The van der Waals surface area contributed by atoms with E-state index in [-0.39, 0.29) is 6.61 Å². The molecule has 7 nitrogen and oxygen atoms in total. The van der Waals surface area contributed by atoms with Gasteiger partial charge in [-0.3, -0.25) is 0 Å². The monoisotopic (exact) mass is 356 g/mol. The zero-order chi connectivity index (χ0) is 18.6. The fourth-order valence-electron chi connectivity index (χ4n) is 2.98. The van der Waals surface area contributed by atoms with Gasteiger partial charge in [0.2, 0.25) is 5.95 Å². The number of nitrogens with zero attached hydrogens (tertiary/aromatic N) is 5. The first-order valence-electron chi connectivity index (χ1n) is 8.43. The van der Waals surface area contributed by atoms with Crippen LogP contribution in [-0.2, 0) is 6.54 Å². The van der Waals surface area contributed by atoms with E-state index in [0.29, 0.717) is 18.1 Å². The van der Waals surface area contributed by atoms with E-state index >= 15 is 0 Å². The van der Waals surface area contributed by atoms with Crippen molar-refractivity contribution >= 4 is 22.7 Å². The normalized spacial score (nSPS) is 10.7. The third-order valence-electron chi connectivity index (χ3n) is 4.18. The number of nitrogens with one attached hydrogen (secondary N) is 1. The molecule has 0 amide bonds. The minimum absolute atomic E-state index is 0.0404. The average Bonchev–Trinajstić information content (AvgIpc) is 3.12. The van der Waals surface area contributed by atoms with Gasteiger partial charge in [-0.1, -0.05) is 30.3 Å². The van der Waals surface area contributed by atoms with Gasteiger partial charge in [-0.15, -0.1) is 0 Å². The summed E-state index contributed by atoms with van der Waals surface area (Å²) in [5.41, 5.74) is 5.01. The summed E-state index contributed by atoms with van der Waals surface area (Å²) in [6.07, 6.45) is 4.68. The summed E-state index contributed by atoms with van der Waals surface area (Å²) >= 11 is 0. The van der Waals surface area contributed by atoms with Gasteiger partial charge in [0.05, 0.1) is 41.9 Å². The van der Waals surface area contributed by atoms with Crippen LogP contribution in [0.15, 0.2) is 61.2 Å². The van der Waals surface area contributed by atoms with Crippen LogP contribution in [0, 0.1) is 11.3 Å². The molecule has 0 aliphatic rings. The molecular formula is C20H16N6O. The minimum Gasteiger partial charge on any atom is -0.395 e. The molecule has 2 aromatic heterocycles. The van der Waals surface area contributed by atoms with E-state index in [9.17, 15) is 5.11 Å². The maximum atomic E-state index is 9.35. The number of aliphatic hydroxyl groups excluding tert-OH is 1. The van der Waals surface area contributed by atoms with E-state index in [1.807, 2.05) is 53.1 Å². The number of aromatic nitrogens is 4. The Morgan fingerprint density at radius 2 is 1.85 bits per heavy atom. The first-order chi connectivity index (χ1) is 13.3. The number of aliphatic hydroxyl groups is 1. The van der Waals surface area contributed by atoms with Gasteiger partial charge in [0.25, 0.3) is 0 Å². The molecule has 0 spiro atoms. The number of anilines is 2. The highest BCUT2D eigenvalue weighted by atomic mass is 16.3. The first-order valence-corrected chi connectivity index (χ1v) is 8.43. The van der Waals surface area contributed by atoms with Crippen LogP contribution in [0.1, 0.15) is 5.56 Å². The molecule has 132 valence electrons. The Kier molecular flexibility index (Phi) is 4.47. The zero-order valence-corrected chi connectivity index (χ0v) is 14.4. The molecule has 2 heterocycles. The molecule has 0 atom stereocenters. The summed E-state index contributed by atoms with van der Waals surface area (Å²) in [5, 5.41) is 21.4. The summed E-state index contributed by atoms with van der Waals surface area (Å²) in [5.74, 6) is 0.405. The van der Waals surface area contributed by atoms with E-state index in [4.69, 9.17) is 5.26 Å². The minimum atomic E-state index is 0.0404. The molecule has 0 aliphatic carbocycles. The number of nitriles is 1. The van der Waals surface area contributed by atoms with Crippen LogP contribution < -0.4 is 5.32 Å². The predicted molar refractivity (Wildman–Crippen MR) is 102 cm³/mol. The molecule has 2 aromatic carbocycles. The summed E-state index contributed by atoms with van der Waals surface area (Å²) in [7, 11) is 0. The summed E-state index contributed by atoms with van der Waals surface area (Å²) in [4.78, 5) is 12.8. The highest BCUT2D eigenvalue weighted by Crippen LogP contribution is 2.32. The summed E-state index contributed by atoms with van der Waals surface area (Å²) < 4.78 is 1.94. The second kappa shape index (κ2) is 7.23. The first kappa shape index (κ1) is 16.7. The molecule has 0 aliphatic heterocycles. The molecule has 0 fully saturated rings.